The van der Waals surface area contributed by atoms with Crippen molar-refractivity contribution in [2.24, 2.45) is 0 Å². The predicted molar refractivity (Wildman–Crippen MR) is 96.0 cm³/mol. The molecule has 1 aliphatic heterocycles. The molecule has 2 aromatic carbocycles. The van der Waals surface area contributed by atoms with Crippen molar-refractivity contribution in [2.75, 3.05) is 17.9 Å². The maximum atomic E-state index is 13.2. The third-order valence-corrected chi connectivity index (χ3v) is 6.54. The first-order valence-corrected chi connectivity index (χ1v) is 9.56. The molecule has 6 heteroatoms. The molecule has 0 fully saturated rings. The molecule has 2 aromatic rings. The molecular weight excluding hydrogens is 324 g/mol. The van der Waals surface area contributed by atoms with Gasteiger partial charge in [0, 0.05) is 0 Å². The second-order valence-electron chi connectivity index (χ2n) is 5.98. The zero-order chi connectivity index (χ0) is 17.2. The van der Waals surface area contributed by atoms with Crippen LogP contribution in [0.1, 0.15) is 12.0 Å². The van der Waals surface area contributed by atoms with E-state index in [-0.39, 0.29) is 0 Å². The summed E-state index contributed by atoms with van der Waals surface area (Å²) in [6, 6.07) is 16.5. The number of nitrogens with one attached hydrogen (secondary N) is 1. The van der Waals surface area contributed by atoms with Gasteiger partial charge in [0.1, 0.15) is 5.25 Å². The number of nitrogens with zero attached hydrogens (tertiary/aromatic N) is 1. The van der Waals surface area contributed by atoms with Gasteiger partial charge in [0.25, 0.3) is 0 Å². The number of hydrogen-bond acceptors (Lipinski definition) is 4. The van der Waals surface area contributed by atoms with E-state index in [1.54, 1.807) is 19.2 Å². The van der Waals surface area contributed by atoms with Gasteiger partial charge in [0.05, 0.1) is 17.5 Å². The highest BCUT2D eigenvalue weighted by molar-refractivity contribution is 7.93. The van der Waals surface area contributed by atoms with Crippen molar-refractivity contribution in [2.45, 2.75) is 24.2 Å². The fourth-order valence-corrected chi connectivity index (χ4v) is 5.20. The topological polar surface area (TPSA) is 69.6 Å². The van der Waals surface area contributed by atoms with E-state index in [9.17, 15) is 13.5 Å². The second-order valence-corrected chi connectivity index (χ2v) is 7.98. The SMILES string of the molecule is CNCCC(O)C1Cc2ccccc2N(c2ccccc2)S1(=O)=O. The van der Waals surface area contributed by atoms with E-state index in [0.717, 1.165) is 5.56 Å². The fraction of sp³-hybridized carbons (Fsp3) is 0.333. The third kappa shape index (κ3) is 3.05. The fourth-order valence-electron chi connectivity index (χ4n) is 3.14. The zero-order valence-electron chi connectivity index (χ0n) is 13.6. The first kappa shape index (κ1) is 17.0. The summed E-state index contributed by atoms with van der Waals surface area (Å²) in [5.41, 5.74) is 2.20. The van der Waals surface area contributed by atoms with Crippen molar-refractivity contribution in [1.82, 2.24) is 5.32 Å². The van der Waals surface area contributed by atoms with Crippen molar-refractivity contribution >= 4 is 21.4 Å². The van der Waals surface area contributed by atoms with Gasteiger partial charge in [-0.25, -0.2) is 12.7 Å². The van der Waals surface area contributed by atoms with Crippen LogP contribution in [-0.2, 0) is 16.4 Å². The molecule has 0 aliphatic carbocycles. The van der Waals surface area contributed by atoms with Crippen LogP contribution in [0.5, 0.6) is 0 Å². The number of para-hydroxylation sites is 2. The number of rotatable bonds is 5. The Balaban J connectivity index is 2.09. The number of fused-ring (bicyclic) bond motifs is 1. The van der Waals surface area contributed by atoms with Gasteiger partial charge >= 0.3 is 0 Å². The van der Waals surface area contributed by atoms with Crippen LogP contribution in [0.25, 0.3) is 0 Å². The van der Waals surface area contributed by atoms with Crippen LogP contribution < -0.4 is 9.62 Å². The minimum Gasteiger partial charge on any atom is -0.392 e. The Morgan fingerprint density at radius 3 is 2.54 bits per heavy atom. The summed E-state index contributed by atoms with van der Waals surface area (Å²) in [4.78, 5) is 0. The molecule has 0 aromatic heterocycles. The summed E-state index contributed by atoms with van der Waals surface area (Å²) in [6.07, 6.45) is -0.195. The van der Waals surface area contributed by atoms with E-state index in [1.165, 1.54) is 4.31 Å². The first-order chi connectivity index (χ1) is 11.6. The molecule has 1 heterocycles. The Labute approximate surface area is 143 Å². The monoisotopic (exact) mass is 346 g/mol. The van der Waals surface area contributed by atoms with Crippen molar-refractivity contribution < 1.29 is 13.5 Å². The van der Waals surface area contributed by atoms with Crippen molar-refractivity contribution in [3.63, 3.8) is 0 Å². The van der Waals surface area contributed by atoms with Gasteiger partial charge in [0.2, 0.25) is 10.0 Å². The lowest BCUT2D eigenvalue weighted by Crippen LogP contribution is -2.47. The molecule has 0 bridgehead atoms. The Hall–Kier alpha value is -1.89. The molecule has 0 saturated carbocycles. The third-order valence-electron chi connectivity index (χ3n) is 4.38. The maximum absolute atomic E-state index is 13.2. The summed E-state index contributed by atoms with van der Waals surface area (Å²) in [5, 5.41) is 12.6. The molecule has 24 heavy (non-hydrogen) atoms. The quantitative estimate of drug-likeness (QED) is 0.869. The Kier molecular flexibility index (Phi) is 4.89. The van der Waals surface area contributed by atoms with E-state index in [1.807, 2.05) is 42.5 Å². The van der Waals surface area contributed by atoms with Crippen LogP contribution in [0.4, 0.5) is 11.4 Å². The van der Waals surface area contributed by atoms with Gasteiger partial charge in [-0.15, -0.1) is 0 Å². The second kappa shape index (κ2) is 6.93. The number of aliphatic hydroxyl groups is 1. The van der Waals surface area contributed by atoms with E-state index in [0.29, 0.717) is 30.8 Å². The molecule has 128 valence electrons. The summed E-state index contributed by atoms with van der Waals surface area (Å²) >= 11 is 0. The molecule has 2 unspecified atom stereocenters. The smallest absolute Gasteiger partial charge is 0.245 e. The van der Waals surface area contributed by atoms with Crippen LogP contribution >= 0.6 is 0 Å². The predicted octanol–water partition coefficient (Wildman–Crippen LogP) is 2.05. The molecule has 5 nitrogen and oxygen atoms in total. The normalized spacial score (nSPS) is 20.4. The highest BCUT2D eigenvalue weighted by Crippen LogP contribution is 2.39. The minimum atomic E-state index is -3.70. The largest absolute Gasteiger partial charge is 0.392 e. The minimum absolute atomic E-state index is 0.326. The van der Waals surface area contributed by atoms with Gasteiger partial charge in [-0.3, -0.25) is 0 Å². The number of hydrogen-bond donors (Lipinski definition) is 2. The first-order valence-electron chi connectivity index (χ1n) is 8.05. The number of aliphatic hydroxyl groups excluding tert-OH is 1. The number of benzene rings is 2. The Morgan fingerprint density at radius 2 is 1.83 bits per heavy atom. The van der Waals surface area contributed by atoms with E-state index in [4.69, 9.17) is 0 Å². The molecule has 2 N–H and O–H groups in total. The van der Waals surface area contributed by atoms with E-state index >= 15 is 0 Å². The summed E-state index contributed by atoms with van der Waals surface area (Å²) in [7, 11) is -1.92. The van der Waals surface area contributed by atoms with Crippen LogP contribution in [0.3, 0.4) is 0 Å². The van der Waals surface area contributed by atoms with Gasteiger partial charge < -0.3 is 10.4 Å². The number of sulfonamides is 1. The van der Waals surface area contributed by atoms with Gasteiger partial charge in [0.15, 0.2) is 0 Å². The van der Waals surface area contributed by atoms with Crippen LogP contribution in [-0.4, -0.2) is 38.5 Å². The molecule has 1 aliphatic rings. The summed E-state index contributed by atoms with van der Waals surface area (Å²) in [6.45, 7) is 0.570. The summed E-state index contributed by atoms with van der Waals surface area (Å²) < 4.78 is 27.8. The van der Waals surface area contributed by atoms with E-state index in [2.05, 4.69) is 5.32 Å². The lowest BCUT2D eigenvalue weighted by molar-refractivity contribution is 0.157. The molecule has 0 saturated heterocycles. The van der Waals surface area contributed by atoms with Crippen molar-refractivity contribution in [1.29, 1.82) is 0 Å². The highest BCUT2D eigenvalue weighted by Gasteiger charge is 2.42. The van der Waals surface area contributed by atoms with Crippen LogP contribution in [0.15, 0.2) is 54.6 Å². The Morgan fingerprint density at radius 1 is 1.17 bits per heavy atom. The lowest BCUT2D eigenvalue weighted by Gasteiger charge is -2.37. The zero-order valence-corrected chi connectivity index (χ0v) is 14.4. The number of anilines is 2. The van der Waals surface area contributed by atoms with E-state index < -0.39 is 21.4 Å². The lowest BCUT2D eigenvalue weighted by atomic mass is 10.0. The average Bonchev–Trinajstić information content (AvgIpc) is 2.59. The molecule has 2 atom stereocenters. The van der Waals surface area contributed by atoms with Gasteiger partial charge in [-0.05, 0) is 50.2 Å². The highest BCUT2D eigenvalue weighted by atomic mass is 32.2. The average molecular weight is 346 g/mol. The van der Waals surface area contributed by atoms with Crippen LogP contribution in [0, 0.1) is 0 Å². The van der Waals surface area contributed by atoms with Crippen molar-refractivity contribution in [3.8, 4) is 0 Å². The van der Waals surface area contributed by atoms with Gasteiger partial charge in [-0.2, -0.15) is 0 Å². The standard InChI is InChI=1S/C18H22N2O3S/c1-19-12-11-17(21)18-13-14-7-5-6-10-16(14)20(24(18,22)23)15-8-3-2-4-9-15/h2-10,17-19,21H,11-13H2,1H3. The van der Waals surface area contributed by atoms with Crippen molar-refractivity contribution in [3.05, 3.63) is 60.2 Å². The molecule has 0 spiro atoms. The molecule has 0 amide bonds. The molecular formula is C18H22N2O3S. The van der Waals surface area contributed by atoms with Crippen LogP contribution in [0.2, 0.25) is 0 Å². The Bertz CT molecular complexity index is 793. The molecule has 3 rings (SSSR count). The maximum Gasteiger partial charge on any atom is 0.245 e. The van der Waals surface area contributed by atoms with Gasteiger partial charge in [-0.1, -0.05) is 36.4 Å². The molecule has 0 radical (unpaired) electrons. The summed E-state index contributed by atoms with van der Waals surface area (Å²) in [5.74, 6) is 0.